The van der Waals surface area contributed by atoms with E-state index in [0.29, 0.717) is 12.2 Å². The van der Waals surface area contributed by atoms with Gasteiger partial charge in [-0.3, -0.25) is 9.48 Å². The second-order valence-electron chi connectivity index (χ2n) is 8.05. The van der Waals surface area contributed by atoms with E-state index >= 15 is 0 Å². The van der Waals surface area contributed by atoms with E-state index < -0.39 is 0 Å². The van der Waals surface area contributed by atoms with Crippen LogP contribution in [0.25, 0.3) is 22.2 Å². The highest BCUT2D eigenvalue weighted by atomic mass is 16.5. The van der Waals surface area contributed by atoms with Crippen molar-refractivity contribution in [1.82, 2.24) is 29.4 Å². The van der Waals surface area contributed by atoms with Gasteiger partial charge in [0.15, 0.2) is 5.65 Å². The molecule has 0 N–H and O–H groups in total. The Hall–Kier alpha value is -3.68. The number of hydrogen-bond acceptors (Lipinski definition) is 5. The Kier molecular flexibility index (Phi) is 5.69. The molecule has 4 rings (SSSR count). The zero-order valence-corrected chi connectivity index (χ0v) is 19.4. The summed E-state index contributed by atoms with van der Waals surface area (Å²) in [6, 6.07) is 9.87. The van der Waals surface area contributed by atoms with Crippen molar-refractivity contribution in [3.8, 4) is 16.9 Å². The summed E-state index contributed by atoms with van der Waals surface area (Å²) in [5.74, 6) is 0.771. The van der Waals surface area contributed by atoms with Crippen molar-refractivity contribution in [3.63, 3.8) is 0 Å². The minimum Gasteiger partial charge on any atom is -0.497 e. The number of rotatable bonds is 6. The van der Waals surface area contributed by atoms with E-state index in [1.54, 1.807) is 22.9 Å². The minimum absolute atomic E-state index is 0.0336. The molecule has 4 aromatic rings. The van der Waals surface area contributed by atoms with E-state index in [-0.39, 0.29) is 12.5 Å². The minimum atomic E-state index is -0.0336. The second-order valence-corrected chi connectivity index (χ2v) is 8.05. The quantitative estimate of drug-likeness (QED) is 0.467. The molecule has 0 aliphatic rings. The number of benzene rings is 1. The van der Waals surface area contributed by atoms with Gasteiger partial charge in [-0.05, 0) is 50.1 Å². The zero-order valence-electron chi connectivity index (χ0n) is 19.4. The van der Waals surface area contributed by atoms with Crippen LogP contribution in [-0.2, 0) is 24.9 Å². The molecular weight excluding hydrogens is 404 g/mol. The van der Waals surface area contributed by atoms with Crippen molar-refractivity contribution in [2.24, 2.45) is 7.05 Å². The van der Waals surface area contributed by atoms with Gasteiger partial charge in [0, 0.05) is 43.5 Å². The lowest BCUT2D eigenvalue weighted by Gasteiger charge is -2.17. The van der Waals surface area contributed by atoms with Gasteiger partial charge in [0.05, 0.1) is 18.5 Å². The number of aryl methyl sites for hydroxylation is 3. The predicted octanol–water partition coefficient (Wildman–Crippen LogP) is 3.42. The van der Waals surface area contributed by atoms with Crippen LogP contribution in [0, 0.1) is 20.8 Å². The summed E-state index contributed by atoms with van der Waals surface area (Å²) >= 11 is 0. The van der Waals surface area contributed by atoms with Crippen molar-refractivity contribution in [1.29, 1.82) is 0 Å². The topological polar surface area (TPSA) is 78.1 Å². The number of methoxy groups -OCH3 is 1. The SMILES string of the molecule is COc1ccc(-c2ccnc3c2c(C)nn3CC(=O)N(C)Cc2c(C)nn(C)c2C)cc1. The molecule has 8 nitrogen and oxygen atoms in total. The van der Waals surface area contributed by atoms with Crippen LogP contribution in [0.1, 0.15) is 22.6 Å². The summed E-state index contributed by atoms with van der Waals surface area (Å²) in [6.45, 7) is 6.56. The Morgan fingerprint density at radius 3 is 2.41 bits per heavy atom. The monoisotopic (exact) mass is 432 g/mol. The van der Waals surface area contributed by atoms with Gasteiger partial charge in [-0.25, -0.2) is 9.67 Å². The zero-order chi connectivity index (χ0) is 23.0. The van der Waals surface area contributed by atoms with Crippen LogP contribution in [-0.4, -0.2) is 49.5 Å². The van der Waals surface area contributed by atoms with Crippen LogP contribution in [0.5, 0.6) is 5.75 Å². The first-order chi connectivity index (χ1) is 15.3. The number of likely N-dealkylation sites (N-methyl/N-ethyl adjacent to an activating group) is 1. The van der Waals surface area contributed by atoms with Gasteiger partial charge in [-0.1, -0.05) is 12.1 Å². The molecule has 1 aromatic carbocycles. The molecular formula is C24H28N6O2. The fourth-order valence-electron chi connectivity index (χ4n) is 4.02. The van der Waals surface area contributed by atoms with E-state index in [4.69, 9.17) is 4.74 Å². The van der Waals surface area contributed by atoms with Crippen LogP contribution in [0.15, 0.2) is 36.5 Å². The van der Waals surface area contributed by atoms with Crippen molar-refractivity contribution in [2.75, 3.05) is 14.2 Å². The molecule has 0 spiro atoms. The maximum absolute atomic E-state index is 13.0. The van der Waals surface area contributed by atoms with E-state index in [9.17, 15) is 4.79 Å². The third-order valence-electron chi connectivity index (χ3n) is 5.97. The van der Waals surface area contributed by atoms with E-state index in [2.05, 4.69) is 15.2 Å². The van der Waals surface area contributed by atoms with Gasteiger partial charge in [0.2, 0.25) is 5.91 Å². The maximum Gasteiger partial charge on any atom is 0.244 e. The summed E-state index contributed by atoms with van der Waals surface area (Å²) in [5.41, 5.74) is 6.70. The molecule has 0 radical (unpaired) electrons. The number of hydrogen-bond donors (Lipinski definition) is 0. The fourth-order valence-corrected chi connectivity index (χ4v) is 4.02. The molecule has 0 unspecified atom stereocenters. The van der Waals surface area contributed by atoms with Gasteiger partial charge in [0.1, 0.15) is 12.3 Å². The number of carbonyl (C=O) groups excluding carboxylic acids is 1. The summed E-state index contributed by atoms with van der Waals surface area (Å²) in [6.07, 6.45) is 1.76. The Morgan fingerprint density at radius 2 is 1.78 bits per heavy atom. The lowest BCUT2D eigenvalue weighted by atomic mass is 10.0. The summed E-state index contributed by atoms with van der Waals surface area (Å²) in [7, 11) is 5.38. The molecule has 0 saturated heterocycles. The van der Waals surface area contributed by atoms with Gasteiger partial charge < -0.3 is 9.64 Å². The standard InChI is InChI=1S/C24H28N6O2/c1-15-21(17(3)29(5)26-15)13-28(4)22(31)14-30-24-23(16(2)27-30)20(11-12-25-24)18-7-9-19(32-6)10-8-18/h7-12H,13-14H2,1-6H3. The second kappa shape index (κ2) is 8.45. The smallest absolute Gasteiger partial charge is 0.244 e. The number of aromatic nitrogens is 5. The predicted molar refractivity (Wildman–Crippen MR) is 123 cm³/mol. The van der Waals surface area contributed by atoms with E-state index in [1.165, 1.54) is 0 Å². The fraction of sp³-hybridized carbons (Fsp3) is 0.333. The van der Waals surface area contributed by atoms with Crippen LogP contribution >= 0.6 is 0 Å². The average Bonchev–Trinajstić information content (AvgIpc) is 3.23. The normalized spacial score (nSPS) is 11.2. The average molecular weight is 433 g/mol. The molecule has 0 atom stereocenters. The first-order valence-electron chi connectivity index (χ1n) is 10.5. The number of fused-ring (bicyclic) bond motifs is 1. The highest BCUT2D eigenvalue weighted by Gasteiger charge is 2.19. The van der Waals surface area contributed by atoms with Gasteiger partial charge in [-0.15, -0.1) is 0 Å². The molecule has 166 valence electrons. The Morgan fingerprint density at radius 1 is 1.06 bits per heavy atom. The molecule has 1 amide bonds. The van der Waals surface area contributed by atoms with Crippen molar-refractivity contribution < 1.29 is 9.53 Å². The first kappa shape index (κ1) is 21.5. The molecule has 0 aliphatic carbocycles. The highest BCUT2D eigenvalue weighted by molar-refractivity contribution is 5.95. The lowest BCUT2D eigenvalue weighted by molar-refractivity contribution is -0.131. The molecule has 3 heterocycles. The highest BCUT2D eigenvalue weighted by Crippen LogP contribution is 2.31. The van der Waals surface area contributed by atoms with Crippen LogP contribution < -0.4 is 4.74 Å². The lowest BCUT2D eigenvalue weighted by Crippen LogP contribution is -2.30. The van der Waals surface area contributed by atoms with Crippen molar-refractivity contribution >= 4 is 16.9 Å². The first-order valence-corrected chi connectivity index (χ1v) is 10.5. The summed E-state index contributed by atoms with van der Waals surface area (Å²) in [5, 5.41) is 10.0. The van der Waals surface area contributed by atoms with Gasteiger partial charge in [-0.2, -0.15) is 10.2 Å². The number of nitrogens with zero attached hydrogens (tertiary/aromatic N) is 6. The van der Waals surface area contributed by atoms with Crippen molar-refractivity contribution in [3.05, 3.63) is 59.2 Å². The number of ether oxygens (including phenoxy) is 1. The van der Waals surface area contributed by atoms with Crippen LogP contribution in [0.4, 0.5) is 0 Å². The molecule has 0 bridgehead atoms. The number of carbonyl (C=O) groups is 1. The van der Waals surface area contributed by atoms with Crippen molar-refractivity contribution in [2.45, 2.75) is 33.9 Å². The van der Waals surface area contributed by atoms with E-state index in [1.807, 2.05) is 69.9 Å². The molecule has 8 heteroatoms. The third-order valence-corrected chi connectivity index (χ3v) is 5.97. The van der Waals surface area contributed by atoms with Gasteiger partial charge in [0.25, 0.3) is 0 Å². The molecule has 32 heavy (non-hydrogen) atoms. The largest absolute Gasteiger partial charge is 0.497 e. The Labute approximate surface area is 187 Å². The number of amides is 1. The van der Waals surface area contributed by atoms with Crippen LogP contribution in [0.3, 0.4) is 0 Å². The Bertz CT molecular complexity index is 1290. The molecule has 0 saturated carbocycles. The third kappa shape index (κ3) is 3.84. The Balaban J connectivity index is 1.61. The number of pyridine rings is 1. The maximum atomic E-state index is 13.0. The van der Waals surface area contributed by atoms with E-state index in [0.717, 1.165) is 44.9 Å². The summed E-state index contributed by atoms with van der Waals surface area (Å²) < 4.78 is 8.81. The molecule has 0 fully saturated rings. The van der Waals surface area contributed by atoms with Gasteiger partial charge >= 0.3 is 0 Å². The summed E-state index contributed by atoms with van der Waals surface area (Å²) in [4.78, 5) is 19.3. The van der Waals surface area contributed by atoms with Crippen LogP contribution in [0.2, 0.25) is 0 Å². The molecule has 3 aromatic heterocycles. The molecule has 0 aliphatic heterocycles.